The molecule has 1 aromatic carbocycles. The Hall–Kier alpha value is -2.08. The fourth-order valence-corrected chi connectivity index (χ4v) is 3.66. The zero-order valence-corrected chi connectivity index (χ0v) is 14.6. The lowest BCUT2D eigenvalue weighted by atomic mass is 9.95. The summed E-state index contributed by atoms with van der Waals surface area (Å²) < 4.78 is 0. The number of nitrogens with zero attached hydrogens (tertiary/aromatic N) is 1. The SMILES string of the molecule is O=C(NCC1(O)CCCCCC1)Nc1cccc(N2CCCC2=O)c1. The molecule has 3 N–H and O–H groups in total. The fourth-order valence-electron chi connectivity index (χ4n) is 3.66. The van der Waals surface area contributed by atoms with Crippen LogP contribution in [-0.4, -0.2) is 35.7 Å². The van der Waals surface area contributed by atoms with Gasteiger partial charge < -0.3 is 20.6 Å². The average Bonchev–Trinajstić information content (AvgIpc) is 2.90. The molecule has 0 radical (unpaired) electrons. The minimum atomic E-state index is -0.794. The molecule has 1 aromatic rings. The summed E-state index contributed by atoms with van der Waals surface area (Å²) in [6, 6.07) is 6.98. The van der Waals surface area contributed by atoms with Gasteiger partial charge in [-0.05, 0) is 37.5 Å². The van der Waals surface area contributed by atoms with E-state index in [9.17, 15) is 14.7 Å². The number of anilines is 2. The molecule has 0 unspecified atom stereocenters. The van der Waals surface area contributed by atoms with Crippen molar-refractivity contribution < 1.29 is 14.7 Å². The van der Waals surface area contributed by atoms with Crippen molar-refractivity contribution in [3.05, 3.63) is 24.3 Å². The maximum Gasteiger partial charge on any atom is 0.319 e. The van der Waals surface area contributed by atoms with Gasteiger partial charge in [-0.15, -0.1) is 0 Å². The molecule has 3 amide bonds. The quantitative estimate of drug-likeness (QED) is 0.734. The normalized spacial score (nSPS) is 20.2. The third kappa shape index (κ3) is 4.72. The van der Waals surface area contributed by atoms with Crippen LogP contribution in [0.5, 0.6) is 0 Å². The molecule has 6 nitrogen and oxygen atoms in total. The summed E-state index contributed by atoms with van der Waals surface area (Å²) in [5, 5.41) is 16.2. The number of hydrogen-bond donors (Lipinski definition) is 3. The van der Waals surface area contributed by atoms with Gasteiger partial charge in [0.25, 0.3) is 0 Å². The Kier molecular flexibility index (Phi) is 5.58. The van der Waals surface area contributed by atoms with Crippen molar-refractivity contribution in [2.24, 2.45) is 0 Å². The summed E-state index contributed by atoms with van der Waals surface area (Å²) in [6.45, 7) is 0.991. The first-order valence-electron chi connectivity index (χ1n) is 9.23. The number of amides is 3. The number of hydrogen-bond acceptors (Lipinski definition) is 3. The van der Waals surface area contributed by atoms with Crippen LogP contribution in [-0.2, 0) is 4.79 Å². The molecule has 0 aromatic heterocycles. The topological polar surface area (TPSA) is 81.7 Å². The van der Waals surface area contributed by atoms with Crippen LogP contribution in [0.2, 0.25) is 0 Å². The number of carbonyl (C=O) groups excluding carboxylic acids is 2. The maximum atomic E-state index is 12.2. The van der Waals surface area contributed by atoms with Crippen LogP contribution in [0.3, 0.4) is 0 Å². The van der Waals surface area contributed by atoms with Gasteiger partial charge in [0, 0.05) is 30.9 Å². The first-order valence-corrected chi connectivity index (χ1v) is 9.23. The van der Waals surface area contributed by atoms with Gasteiger partial charge in [0.15, 0.2) is 0 Å². The molecule has 0 bridgehead atoms. The smallest absolute Gasteiger partial charge is 0.319 e. The van der Waals surface area contributed by atoms with E-state index < -0.39 is 5.60 Å². The number of aliphatic hydroxyl groups is 1. The second kappa shape index (κ2) is 7.87. The van der Waals surface area contributed by atoms with Gasteiger partial charge >= 0.3 is 6.03 Å². The highest BCUT2D eigenvalue weighted by atomic mass is 16.3. The Labute approximate surface area is 148 Å². The summed E-state index contributed by atoms with van der Waals surface area (Å²) in [6.07, 6.45) is 7.23. The summed E-state index contributed by atoms with van der Waals surface area (Å²) in [5.41, 5.74) is 0.655. The molecule has 2 fully saturated rings. The predicted octanol–water partition coefficient (Wildman–Crippen LogP) is 3.02. The van der Waals surface area contributed by atoms with Crippen molar-refractivity contribution in [2.45, 2.75) is 57.0 Å². The summed E-state index contributed by atoms with van der Waals surface area (Å²) >= 11 is 0. The minimum absolute atomic E-state index is 0.122. The summed E-state index contributed by atoms with van der Waals surface area (Å²) in [7, 11) is 0. The van der Waals surface area contributed by atoms with Crippen molar-refractivity contribution >= 4 is 23.3 Å². The highest BCUT2D eigenvalue weighted by Gasteiger charge is 2.28. The second-order valence-corrected chi connectivity index (χ2v) is 7.15. The molecule has 1 heterocycles. The molecule has 3 rings (SSSR count). The van der Waals surface area contributed by atoms with E-state index in [1.54, 1.807) is 11.0 Å². The van der Waals surface area contributed by atoms with Crippen LogP contribution in [0.4, 0.5) is 16.2 Å². The molecule has 1 aliphatic heterocycles. The van der Waals surface area contributed by atoms with Crippen molar-refractivity contribution in [2.75, 3.05) is 23.3 Å². The Morgan fingerprint density at radius 2 is 1.92 bits per heavy atom. The Bertz CT molecular complexity index is 624. The van der Waals surface area contributed by atoms with Gasteiger partial charge in [-0.2, -0.15) is 0 Å². The molecular formula is C19H27N3O3. The van der Waals surface area contributed by atoms with E-state index >= 15 is 0 Å². The maximum absolute atomic E-state index is 12.2. The van der Waals surface area contributed by atoms with E-state index in [-0.39, 0.29) is 18.5 Å². The van der Waals surface area contributed by atoms with E-state index in [1.807, 2.05) is 18.2 Å². The Balaban J connectivity index is 1.55. The number of rotatable bonds is 4. The summed E-state index contributed by atoms with van der Waals surface area (Å²) in [4.78, 5) is 25.8. The monoisotopic (exact) mass is 345 g/mol. The van der Waals surface area contributed by atoms with Crippen LogP contribution in [0.25, 0.3) is 0 Å². The molecule has 136 valence electrons. The zero-order chi connectivity index (χ0) is 17.7. The van der Waals surface area contributed by atoms with Crippen LogP contribution in [0, 0.1) is 0 Å². The average molecular weight is 345 g/mol. The van der Waals surface area contributed by atoms with Crippen molar-refractivity contribution in [3.63, 3.8) is 0 Å². The van der Waals surface area contributed by atoms with E-state index in [0.717, 1.165) is 57.2 Å². The molecular weight excluding hydrogens is 318 g/mol. The van der Waals surface area contributed by atoms with Gasteiger partial charge in [0.1, 0.15) is 0 Å². The zero-order valence-electron chi connectivity index (χ0n) is 14.6. The standard InChI is InChI=1S/C19H27N3O3/c23-17-9-6-12-22(17)16-8-5-7-15(13-16)21-18(24)20-14-19(25)10-3-1-2-4-11-19/h5,7-8,13,25H,1-4,6,9-12,14H2,(H2,20,21,24). The highest BCUT2D eigenvalue weighted by Crippen LogP contribution is 2.27. The third-order valence-electron chi connectivity index (χ3n) is 5.10. The largest absolute Gasteiger partial charge is 0.388 e. The Morgan fingerprint density at radius 3 is 2.60 bits per heavy atom. The van der Waals surface area contributed by atoms with E-state index in [4.69, 9.17) is 0 Å². The van der Waals surface area contributed by atoms with Crippen LogP contribution >= 0.6 is 0 Å². The molecule has 6 heteroatoms. The molecule has 1 saturated carbocycles. The van der Waals surface area contributed by atoms with E-state index in [0.29, 0.717) is 12.1 Å². The van der Waals surface area contributed by atoms with Crippen LogP contribution < -0.4 is 15.5 Å². The molecule has 25 heavy (non-hydrogen) atoms. The predicted molar refractivity (Wildman–Crippen MR) is 97.7 cm³/mol. The first-order chi connectivity index (χ1) is 12.1. The molecule has 2 aliphatic rings. The van der Waals surface area contributed by atoms with Crippen LogP contribution in [0.15, 0.2) is 24.3 Å². The lowest BCUT2D eigenvalue weighted by Gasteiger charge is -2.26. The van der Waals surface area contributed by atoms with Gasteiger partial charge in [-0.3, -0.25) is 4.79 Å². The first kappa shape index (κ1) is 17.7. The van der Waals surface area contributed by atoms with E-state index in [2.05, 4.69) is 10.6 Å². The van der Waals surface area contributed by atoms with Crippen molar-refractivity contribution in [1.29, 1.82) is 0 Å². The lowest BCUT2D eigenvalue weighted by Crippen LogP contribution is -2.44. The fraction of sp³-hybridized carbons (Fsp3) is 0.579. The minimum Gasteiger partial charge on any atom is -0.388 e. The molecule has 0 spiro atoms. The molecule has 1 saturated heterocycles. The van der Waals surface area contributed by atoms with Gasteiger partial charge in [-0.1, -0.05) is 31.7 Å². The van der Waals surface area contributed by atoms with Crippen LogP contribution in [0.1, 0.15) is 51.4 Å². The highest BCUT2D eigenvalue weighted by molar-refractivity contribution is 5.96. The lowest BCUT2D eigenvalue weighted by molar-refractivity contribution is -0.117. The van der Waals surface area contributed by atoms with Crippen molar-refractivity contribution in [1.82, 2.24) is 5.32 Å². The number of nitrogens with one attached hydrogen (secondary N) is 2. The van der Waals surface area contributed by atoms with E-state index in [1.165, 1.54) is 0 Å². The van der Waals surface area contributed by atoms with Crippen molar-refractivity contribution in [3.8, 4) is 0 Å². The van der Waals surface area contributed by atoms with Gasteiger partial charge in [-0.25, -0.2) is 4.79 Å². The molecule has 0 atom stereocenters. The molecule has 1 aliphatic carbocycles. The van der Waals surface area contributed by atoms with Gasteiger partial charge in [0.2, 0.25) is 5.91 Å². The number of urea groups is 1. The number of benzene rings is 1. The number of carbonyl (C=O) groups is 2. The third-order valence-corrected chi connectivity index (χ3v) is 5.10. The summed E-state index contributed by atoms with van der Waals surface area (Å²) in [5.74, 6) is 0.122. The van der Waals surface area contributed by atoms with Gasteiger partial charge in [0.05, 0.1) is 5.60 Å². The second-order valence-electron chi connectivity index (χ2n) is 7.15. The Morgan fingerprint density at radius 1 is 1.16 bits per heavy atom.